The van der Waals surface area contributed by atoms with Crippen molar-refractivity contribution in [2.75, 3.05) is 13.1 Å². The number of likely N-dealkylation sites (tertiary alicyclic amines) is 1. The molecule has 1 N–H and O–H groups in total. The Morgan fingerprint density at radius 2 is 2.00 bits per heavy atom. The maximum Gasteiger partial charge on any atom is 0.345 e. The highest BCUT2D eigenvalue weighted by Gasteiger charge is 2.40. The molecular weight excluding hydrogens is 298 g/mol. The number of nitrogens with zero attached hydrogens (tertiary/aromatic N) is 1. The highest BCUT2D eigenvalue weighted by molar-refractivity contribution is 7.11. The van der Waals surface area contributed by atoms with Gasteiger partial charge in [-0.25, -0.2) is 4.79 Å². The van der Waals surface area contributed by atoms with Gasteiger partial charge in [-0.1, -0.05) is 19.3 Å². The van der Waals surface area contributed by atoms with Crippen LogP contribution < -0.4 is 4.74 Å². The molecule has 1 saturated carbocycles. The van der Waals surface area contributed by atoms with Crippen LogP contribution in [0.5, 0.6) is 5.06 Å². The third-order valence-corrected chi connectivity index (χ3v) is 5.77. The van der Waals surface area contributed by atoms with Gasteiger partial charge in [0.1, 0.15) is 0 Å². The summed E-state index contributed by atoms with van der Waals surface area (Å²) in [7, 11) is 0. The summed E-state index contributed by atoms with van der Waals surface area (Å²) >= 11 is 1.47. The maximum atomic E-state index is 11.8. The molecule has 2 fully saturated rings. The van der Waals surface area contributed by atoms with Crippen molar-refractivity contribution < 1.29 is 14.6 Å². The predicted octanol–water partition coefficient (Wildman–Crippen LogP) is 3.62. The summed E-state index contributed by atoms with van der Waals surface area (Å²) in [6.07, 6.45) is 7.48. The van der Waals surface area contributed by atoms with Crippen LogP contribution in [0.4, 0.5) is 0 Å². The van der Waals surface area contributed by atoms with Crippen LogP contribution in [0.1, 0.15) is 44.9 Å². The minimum atomic E-state index is -0.817. The minimum absolute atomic E-state index is 0.103. The number of rotatable bonds is 5. The lowest BCUT2D eigenvalue weighted by Crippen LogP contribution is -2.51. The smallest absolute Gasteiger partial charge is 0.345 e. The fraction of sp³-hybridized carbons (Fsp3) is 0.706. The zero-order valence-electron chi connectivity index (χ0n) is 12.9. The molecule has 4 nitrogen and oxygen atoms in total. The van der Waals surface area contributed by atoms with Crippen molar-refractivity contribution in [2.45, 2.75) is 57.1 Å². The molecular formula is C17H25NO3S. The maximum absolute atomic E-state index is 11.8. The van der Waals surface area contributed by atoms with E-state index in [2.05, 4.69) is 4.90 Å². The molecule has 1 aromatic rings. The highest BCUT2D eigenvalue weighted by atomic mass is 32.1. The number of ether oxygens (including phenoxy) is 1. The Labute approximate surface area is 136 Å². The van der Waals surface area contributed by atoms with Crippen LogP contribution in [0.3, 0.4) is 0 Å². The lowest BCUT2D eigenvalue weighted by Gasteiger charge is -2.43. The summed E-state index contributed by atoms with van der Waals surface area (Å²) < 4.78 is 5.87. The zero-order chi connectivity index (χ0) is 15.4. The SMILES string of the molecule is O=C(O)C(Oc1cccs1)[C@@H]1CCCC[C@H]1N1CCCCC1. The topological polar surface area (TPSA) is 49.8 Å². The van der Waals surface area contributed by atoms with E-state index >= 15 is 0 Å². The van der Waals surface area contributed by atoms with Gasteiger partial charge in [0, 0.05) is 12.0 Å². The van der Waals surface area contributed by atoms with Gasteiger partial charge in [-0.2, -0.15) is 0 Å². The summed E-state index contributed by atoms with van der Waals surface area (Å²) in [5.74, 6) is -0.714. The number of carbonyl (C=O) groups is 1. The molecule has 0 amide bonds. The molecule has 122 valence electrons. The van der Waals surface area contributed by atoms with Crippen LogP contribution in [-0.2, 0) is 4.79 Å². The monoisotopic (exact) mass is 323 g/mol. The quantitative estimate of drug-likeness (QED) is 0.899. The highest BCUT2D eigenvalue weighted by Crippen LogP contribution is 2.35. The van der Waals surface area contributed by atoms with Crippen LogP contribution in [0, 0.1) is 5.92 Å². The van der Waals surface area contributed by atoms with Crippen LogP contribution in [0.15, 0.2) is 17.5 Å². The Kier molecular flexibility index (Phi) is 5.37. The van der Waals surface area contributed by atoms with Crippen LogP contribution >= 0.6 is 11.3 Å². The molecule has 0 bridgehead atoms. The number of aliphatic carboxylic acids is 1. The third kappa shape index (κ3) is 3.63. The molecule has 0 spiro atoms. The summed E-state index contributed by atoms with van der Waals surface area (Å²) in [5, 5.41) is 12.3. The van der Waals surface area contributed by atoms with Gasteiger partial charge >= 0.3 is 5.97 Å². The number of hydrogen-bond donors (Lipinski definition) is 1. The molecule has 5 heteroatoms. The first kappa shape index (κ1) is 15.8. The van der Waals surface area contributed by atoms with Crippen LogP contribution in [0.2, 0.25) is 0 Å². The van der Waals surface area contributed by atoms with E-state index < -0.39 is 12.1 Å². The van der Waals surface area contributed by atoms with Crippen LogP contribution in [-0.4, -0.2) is 41.2 Å². The van der Waals surface area contributed by atoms with Gasteiger partial charge in [0.25, 0.3) is 0 Å². The molecule has 22 heavy (non-hydrogen) atoms. The lowest BCUT2D eigenvalue weighted by atomic mass is 9.79. The number of hydrogen-bond acceptors (Lipinski definition) is 4. The molecule has 1 saturated heterocycles. The number of carboxylic acids is 1. The van der Waals surface area contributed by atoms with E-state index in [9.17, 15) is 9.90 Å². The van der Waals surface area contributed by atoms with Gasteiger partial charge in [0.05, 0.1) is 0 Å². The van der Waals surface area contributed by atoms with E-state index in [0.29, 0.717) is 6.04 Å². The van der Waals surface area contributed by atoms with E-state index in [-0.39, 0.29) is 5.92 Å². The Hall–Kier alpha value is -1.07. The predicted molar refractivity (Wildman–Crippen MR) is 87.5 cm³/mol. The second-order valence-corrected chi connectivity index (χ2v) is 7.33. The van der Waals surface area contributed by atoms with Gasteiger partial charge in [0.2, 0.25) is 6.10 Å². The van der Waals surface area contributed by atoms with E-state index in [4.69, 9.17) is 4.74 Å². The van der Waals surface area contributed by atoms with Gasteiger partial charge in [-0.3, -0.25) is 4.90 Å². The third-order valence-electron chi connectivity index (χ3n) is 5.01. The van der Waals surface area contributed by atoms with E-state index in [1.807, 2.05) is 17.5 Å². The Bertz CT molecular complexity index is 470. The molecule has 2 aliphatic rings. The summed E-state index contributed by atoms with van der Waals surface area (Å²) in [6.45, 7) is 2.24. The summed E-state index contributed by atoms with van der Waals surface area (Å²) in [6, 6.07) is 4.14. The van der Waals surface area contributed by atoms with Crippen molar-refractivity contribution in [1.82, 2.24) is 4.90 Å². The van der Waals surface area contributed by atoms with Crippen molar-refractivity contribution >= 4 is 17.3 Å². The van der Waals surface area contributed by atoms with Crippen molar-refractivity contribution in [2.24, 2.45) is 5.92 Å². The van der Waals surface area contributed by atoms with Crippen molar-refractivity contribution in [3.05, 3.63) is 17.5 Å². The van der Waals surface area contributed by atoms with E-state index in [0.717, 1.165) is 37.4 Å². The second kappa shape index (κ2) is 7.47. The Morgan fingerprint density at radius 3 is 2.68 bits per heavy atom. The van der Waals surface area contributed by atoms with Gasteiger partial charge in [-0.15, -0.1) is 11.3 Å². The molecule has 3 atom stereocenters. The van der Waals surface area contributed by atoms with Gasteiger partial charge in [-0.05, 0) is 56.3 Å². The molecule has 2 heterocycles. The molecule has 1 aliphatic heterocycles. The Morgan fingerprint density at radius 1 is 1.23 bits per heavy atom. The standard InChI is InChI=1S/C17H25NO3S/c19-17(20)16(21-15-9-6-12-22-15)13-7-2-3-8-14(13)18-10-4-1-5-11-18/h6,9,12-14,16H,1-5,7-8,10-11H2,(H,19,20)/t13-,14-,16?/m1/s1. The number of carboxylic acid groups (broad SMARTS) is 1. The molecule has 0 radical (unpaired) electrons. The summed E-state index contributed by atoms with van der Waals surface area (Å²) in [5.41, 5.74) is 0. The normalized spacial score (nSPS) is 28.2. The largest absolute Gasteiger partial charge is 0.478 e. The summed E-state index contributed by atoms with van der Waals surface area (Å²) in [4.78, 5) is 14.3. The fourth-order valence-electron chi connectivity index (χ4n) is 3.97. The Balaban J connectivity index is 1.75. The first-order valence-electron chi connectivity index (χ1n) is 8.43. The van der Waals surface area contributed by atoms with Crippen molar-refractivity contribution in [3.8, 4) is 5.06 Å². The first-order chi connectivity index (χ1) is 10.8. The molecule has 1 unspecified atom stereocenters. The van der Waals surface area contributed by atoms with Crippen molar-refractivity contribution in [1.29, 1.82) is 0 Å². The first-order valence-corrected chi connectivity index (χ1v) is 9.30. The average Bonchev–Trinajstić information content (AvgIpc) is 3.06. The molecule has 1 aliphatic carbocycles. The zero-order valence-corrected chi connectivity index (χ0v) is 13.8. The average molecular weight is 323 g/mol. The number of thiophene rings is 1. The van der Waals surface area contributed by atoms with Gasteiger partial charge in [0.15, 0.2) is 5.06 Å². The molecule has 0 aromatic carbocycles. The lowest BCUT2D eigenvalue weighted by molar-refractivity contribution is -0.150. The van der Waals surface area contributed by atoms with Crippen molar-refractivity contribution in [3.63, 3.8) is 0 Å². The second-order valence-electron chi connectivity index (χ2n) is 6.42. The number of piperidine rings is 1. The minimum Gasteiger partial charge on any atom is -0.478 e. The molecule has 1 aromatic heterocycles. The van der Waals surface area contributed by atoms with Crippen LogP contribution in [0.25, 0.3) is 0 Å². The van der Waals surface area contributed by atoms with E-state index in [1.165, 1.54) is 37.0 Å². The van der Waals surface area contributed by atoms with Gasteiger partial charge < -0.3 is 9.84 Å². The van der Waals surface area contributed by atoms with E-state index in [1.54, 1.807) is 0 Å². The molecule has 3 rings (SSSR count). The fourth-order valence-corrected chi connectivity index (χ4v) is 4.58.